The molecule has 2 aliphatic rings. The number of carbonyl (C=O) groups is 1. The number of benzene rings is 1. The summed E-state index contributed by atoms with van der Waals surface area (Å²) in [6, 6.07) is 7.57. The molecule has 1 spiro atoms. The summed E-state index contributed by atoms with van der Waals surface area (Å²) < 4.78 is 0. The summed E-state index contributed by atoms with van der Waals surface area (Å²) in [5, 5.41) is 0.685. The van der Waals surface area contributed by atoms with Crippen LogP contribution in [0.2, 0.25) is 5.02 Å². The van der Waals surface area contributed by atoms with Gasteiger partial charge in [0, 0.05) is 36.6 Å². The summed E-state index contributed by atoms with van der Waals surface area (Å²) in [6.45, 7) is 4.09. The van der Waals surface area contributed by atoms with Gasteiger partial charge in [-0.3, -0.25) is 4.79 Å². The van der Waals surface area contributed by atoms with Crippen molar-refractivity contribution in [1.82, 2.24) is 9.80 Å². The Morgan fingerprint density at radius 1 is 1.28 bits per heavy atom. The van der Waals surface area contributed by atoms with Crippen molar-refractivity contribution in [3.05, 3.63) is 34.9 Å². The van der Waals surface area contributed by atoms with Crippen molar-refractivity contribution in [3.63, 3.8) is 0 Å². The fourth-order valence-electron chi connectivity index (χ4n) is 3.16. The Bertz CT molecular complexity index is 474. The quantitative estimate of drug-likeness (QED) is 0.811. The molecule has 18 heavy (non-hydrogen) atoms. The Kier molecular flexibility index (Phi) is 2.83. The van der Waals surface area contributed by atoms with Crippen LogP contribution in [0, 0.1) is 5.41 Å². The highest BCUT2D eigenvalue weighted by atomic mass is 35.5. The molecule has 1 amide bonds. The zero-order chi connectivity index (χ0) is 12.8. The van der Waals surface area contributed by atoms with E-state index in [1.54, 1.807) is 0 Å². The van der Waals surface area contributed by atoms with Crippen molar-refractivity contribution in [2.45, 2.75) is 6.42 Å². The van der Waals surface area contributed by atoms with Crippen LogP contribution in [-0.2, 0) is 11.2 Å². The maximum absolute atomic E-state index is 12.1. The van der Waals surface area contributed by atoms with E-state index in [-0.39, 0.29) is 5.91 Å². The topological polar surface area (TPSA) is 23.6 Å². The van der Waals surface area contributed by atoms with Crippen LogP contribution in [0.25, 0.3) is 0 Å². The third-order valence-electron chi connectivity index (χ3n) is 3.92. The molecule has 3 rings (SSSR count). The lowest BCUT2D eigenvalue weighted by atomic mass is 9.73. The predicted molar refractivity (Wildman–Crippen MR) is 71.7 cm³/mol. The Balaban J connectivity index is 1.56. The van der Waals surface area contributed by atoms with Gasteiger partial charge >= 0.3 is 0 Å². The smallest absolute Gasteiger partial charge is 0.227 e. The van der Waals surface area contributed by atoms with Gasteiger partial charge in [0.15, 0.2) is 0 Å². The number of halogens is 1. The molecule has 0 unspecified atom stereocenters. The fourth-order valence-corrected chi connectivity index (χ4v) is 3.36. The lowest BCUT2D eigenvalue weighted by Crippen LogP contribution is -2.72. The lowest BCUT2D eigenvalue weighted by molar-refractivity contribution is -0.155. The van der Waals surface area contributed by atoms with Crippen LogP contribution in [-0.4, -0.2) is 48.9 Å². The molecule has 0 atom stereocenters. The molecule has 1 aromatic rings. The van der Waals surface area contributed by atoms with Gasteiger partial charge in [-0.25, -0.2) is 0 Å². The lowest BCUT2D eigenvalue weighted by Gasteiger charge is -2.59. The number of nitrogens with zero attached hydrogens (tertiary/aromatic N) is 2. The van der Waals surface area contributed by atoms with Gasteiger partial charge in [0.1, 0.15) is 0 Å². The second kappa shape index (κ2) is 4.25. The third kappa shape index (κ3) is 2.02. The Morgan fingerprint density at radius 2 is 1.94 bits per heavy atom. The van der Waals surface area contributed by atoms with E-state index in [1.807, 2.05) is 29.2 Å². The molecule has 2 aliphatic heterocycles. The van der Waals surface area contributed by atoms with E-state index in [2.05, 4.69) is 11.9 Å². The molecule has 96 valence electrons. The Hall–Kier alpha value is -1.06. The van der Waals surface area contributed by atoms with Gasteiger partial charge in [-0.1, -0.05) is 29.8 Å². The SMILES string of the molecule is CN1CC2(C1)CN(C(=O)Cc1ccccc1Cl)C2. The molecule has 0 N–H and O–H groups in total. The maximum Gasteiger partial charge on any atom is 0.227 e. The van der Waals surface area contributed by atoms with E-state index >= 15 is 0 Å². The van der Waals surface area contributed by atoms with E-state index < -0.39 is 0 Å². The number of likely N-dealkylation sites (tertiary alicyclic amines) is 2. The Morgan fingerprint density at radius 3 is 2.56 bits per heavy atom. The van der Waals surface area contributed by atoms with Crippen molar-refractivity contribution in [2.75, 3.05) is 33.2 Å². The van der Waals surface area contributed by atoms with Crippen molar-refractivity contribution in [2.24, 2.45) is 5.41 Å². The number of hydrogen-bond acceptors (Lipinski definition) is 2. The minimum Gasteiger partial charge on any atom is -0.341 e. The third-order valence-corrected chi connectivity index (χ3v) is 4.28. The summed E-state index contributed by atoms with van der Waals surface area (Å²) in [6.07, 6.45) is 0.422. The number of carbonyl (C=O) groups excluding carboxylic acids is 1. The van der Waals surface area contributed by atoms with Crippen molar-refractivity contribution >= 4 is 17.5 Å². The molecule has 1 aromatic carbocycles. The molecule has 2 heterocycles. The normalized spacial score (nSPS) is 21.6. The van der Waals surface area contributed by atoms with E-state index in [4.69, 9.17) is 11.6 Å². The zero-order valence-corrected chi connectivity index (χ0v) is 11.3. The van der Waals surface area contributed by atoms with Crippen molar-refractivity contribution in [3.8, 4) is 0 Å². The van der Waals surface area contributed by atoms with Crippen LogP contribution in [0.1, 0.15) is 5.56 Å². The zero-order valence-electron chi connectivity index (χ0n) is 10.5. The second-order valence-corrected chi connectivity index (χ2v) is 6.10. The Labute approximate surface area is 112 Å². The van der Waals surface area contributed by atoms with Gasteiger partial charge in [-0.15, -0.1) is 0 Å². The minimum atomic E-state index is 0.197. The van der Waals surface area contributed by atoms with Gasteiger partial charge in [0.25, 0.3) is 0 Å². The monoisotopic (exact) mass is 264 g/mol. The van der Waals surface area contributed by atoms with E-state index in [1.165, 1.54) is 0 Å². The van der Waals surface area contributed by atoms with Gasteiger partial charge in [-0.2, -0.15) is 0 Å². The van der Waals surface area contributed by atoms with Gasteiger partial charge in [0.2, 0.25) is 5.91 Å². The molecule has 0 aliphatic carbocycles. The first-order valence-corrected chi connectivity index (χ1v) is 6.66. The van der Waals surface area contributed by atoms with Crippen LogP contribution in [0.3, 0.4) is 0 Å². The highest BCUT2D eigenvalue weighted by Crippen LogP contribution is 2.38. The van der Waals surface area contributed by atoms with Crippen molar-refractivity contribution in [1.29, 1.82) is 0 Å². The summed E-state index contributed by atoms with van der Waals surface area (Å²) in [5.74, 6) is 0.197. The number of amides is 1. The summed E-state index contributed by atoms with van der Waals surface area (Å²) in [7, 11) is 2.12. The molecule has 4 heteroatoms. The minimum absolute atomic E-state index is 0.197. The molecule has 0 bridgehead atoms. The van der Waals surface area contributed by atoms with Crippen LogP contribution >= 0.6 is 11.6 Å². The molecule has 0 saturated carbocycles. The first kappa shape index (κ1) is 12.0. The maximum atomic E-state index is 12.1. The van der Waals surface area contributed by atoms with Crippen LogP contribution in [0.15, 0.2) is 24.3 Å². The highest BCUT2D eigenvalue weighted by Gasteiger charge is 2.51. The molecular formula is C14H17ClN2O. The van der Waals surface area contributed by atoms with Gasteiger partial charge in [0.05, 0.1) is 6.42 Å². The van der Waals surface area contributed by atoms with E-state index in [0.717, 1.165) is 31.7 Å². The van der Waals surface area contributed by atoms with E-state index in [9.17, 15) is 4.79 Å². The van der Waals surface area contributed by atoms with Crippen LogP contribution < -0.4 is 0 Å². The molecule has 0 aromatic heterocycles. The van der Waals surface area contributed by atoms with E-state index in [0.29, 0.717) is 16.9 Å². The summed E-state index contributed by atoms with van der Waals surface area (Å²) >= 11 is 6.07. The molecule has 2 fully saturated rings. The first-order chi connectivity index (χ1) is 8.58. The first-order valence-electron chi connectivity index (χ1n) is 6.28. The number of rotatable bonds is 2. The predicted octanol–water partition coefficient (Wildman–Crippen LogP) is 1.66. The van der Waals surface area contributed by atoms with Crippen molar-refractivity contribution < 1.29 is 4.79 Å². The molecule has 2 saturated heterocycles. The summed E-state index contributed by atoms with van der Waals surface area (Å²) in [4.78, 5) is 16.4. The fraction of sp³-hybridized carbons (Fsp3) is 0.500. The summed E-state index contributed by atoms with van der Waals surface area (Å²) in [5.41, 5.74) is 1.33. The molecular weight excluding hydrogens is 248 g/mol. The largest absolute Gasteiger partial charge is 0.341 e. The van der Waals surface area contributed by atoms with Crippen LogP contribution in [0.5, 0.6) is 0 Å². The van der Waals surface area contributed by atoms with Crippen LogP contribution in [0.4, 0.5) is 0 Å². The molecule has 0 radical (unpaired) electrons. The standard InChI is InChI=1S/C14H17ClN2O/c1-16-7-14(8-16)9-17(10-14)13(18)6-11-4-2-3-5-12(11)15/h2-5H,6-10H2,1H3. The highest BCUT2D eigenvalue weighted by molar-refractivity contribution is 6.31. The molecule has 3 nitrogen and oxygen atoms in total. The second-order valence-electron chi connectivity index (χ2n) is 5.69. The average molecular weight is 265 g/mol. The number of hydrogen-bond donors (Lipinski definition) is 0. The average Bonchev–Trinajstić information content (AvgIpc) is 2.24. The van der Waals surface area contributed by atoms with Gasteiger partial charge < -0.3 is 9.80 Å². The van der Waals surface area contributed by atoms with Gasteiger partial charge in [-0.05, 0) is 18.7 Å².